The van der Waals surface area contributed by atoms with Crippen molar-refractivity contribution in [1.29, 1.82) is 0 Å². The Balaban J connectivity index is 2.08. The predicted molar refractivity (Wildman–Crippen MR) is 64.4 cm³/mol. The number of fused-ring (bicyclic) bond motifs is 1. The molecule has 0 heterocycles. The van der Waals surface area contributed by atoms with Crippen molar-refractivity contribution in [1.82, 2.24) is 0 Å². The van der Waals surface area contributed by atoms with Crippen LogP contribution in [0.25, 0.3) is 0 Å². The topological polar surface area (TPSA) is 43.4 Å². The molecule has 0 N–H and O–H groups in total. The number of hydrogen-bond donors (Lipinski definition) is 0. The van der Waals surface area contributed by atoms with Crippen molar-refractivity contribution in [3.8, 4) is 0 Å². The first-order valence-corrected chi connectivity index (χ1v) is 6.94. The van der Waals surface area contributed by atoms with Gasteiger partial charge in [0.05, 0.1) is 6.61 Å². The molecule has 0 aromatic carbocycles. The van der Waals surface area contributed by atoms with Crippen LogP contribution in [0.2, 0.25) is 0 Å². The summed E-state index contributed by atoms with van der Waals surface area (Å²) in [4.78, 5) is 24.2. The second-order valence-electron chi connectivity index (χ2n) is 5.29. The second kappa shape index (κ2) is 5.65. The standard InChI is InChI=1S/C14H22O3/c1-2-17-14(16)12-9-5-7-10-6-3-4-8-11(10)13(12)15/h10-12H,2-9H2,1H3/t10?,11?,12-/m0/s1. The molecule has 0 radical (unpaired) electrons. The van der Waals surface area contributed by atoms with Gasteiger partial charge in [-0.1, -0.05) is 19.3 Å². The van der Waals surface area contributed by atoms with Crippen molar-refractivity contribution >= 4 is 11.8 Å². The molecule has 2 rings (SSSR count). The molecule has 3 heteroatoms. The van der Waals surface area contributed by atoms with Gasteiger partial charge in [0.2, 0.25) is 0 Å². The Morgan fingerprint density at radius 3 is 2.65 bits per heavy atom. The van der Waals surface area contributed by atoms with Crippen LogP contribution in [0.1, 0.15) is 51.9 Å². The smallest absolute Gasteiger partial charge is 0.316 e. The number of ether oxygens (including phenoxy) is 1. The number of rotatable bonds is 2. The minimum absolute atomic E-state index is 0.139. The summed E-state index contributed by atoms with van der Waals surface area (Å²) < 4.78 is 5.03. The first-order valence-electron chi connectivity index (χ1n) is 6.94. The molecular formula is C14H22O3. The normalized spacial score (nSPS) is 33.7. The van der Waals surface area contributed by atoms with E-state index in [1.165, 1.54) is 12.8 Å². The lowest BCUT2D eigenvalue weighted by atomic mass is 9.75. The summed E-state index contributed by atoms with van der Waals surface area (Å²) in [6.07, 6.45) is 7.36. The molecule has 0 aromatic rings. The fraction of sp³-hybridized carbons (Fsp3) is 0.857. The van der Waals surface area contributed by atoms with E-state index in [4.69, 9.17) is 4.74 Å². The highest BCUT2D eigenvalue weighted by Crippen LogP contribution is 2.39. The number of carbonyl (C=O) groups excluding carboxylic acids is 2. The summed E-state index contributed by atoms with van der Waals surface area (Å²) in [7, 11) is 0. The maximum absolute atomic E-state index is 12.4. The van der Waals surface area contributed by atoms with Crippen molar-refractivity contribution in [2.24, 2.45) is 17.8 Å². The highest BCUT2D eigenvalue weighted by atomic mass is 16.5. The molecular weight excluding hydrogens is 216 g/mol. The third-order valence-corrected chi connectivity index (χ3v) is 4.26. The summed E-state index contributed by atoms with van der Waals surface area (Å²) in [6.45, 7) is 2.17. The van der Waals surface area contributed by atoms with Gasteiger partial charge in [0.15, 0.2) is 0 Å². The number of esters is 1. The molecule has 2 fully saturated rings. The van der Waals surface area contributed by atoms with E-state index >= 15 is 0 Å². The minimum Gasteiger partial charge on any atom is -0.465 e. The van der Waals surface area contributed by atoms with Gasteiger partial charge in [-0.05, 0) is 38.5 Å². The molecule has 0 aromatic heterocycles. The summed E-state index contributed by atoms with van der Waals surface area (Å²) in [5, 5.41) is 0. The van der Waals surface area contributed by atoms with Crippen LogP contribution in [-0.2, 0) is 14.3 Å². The molecule has 0 aliphatic heterocycles. The van der Waals surface area contributed by atoms with Gasteiger partial charge in [0, 0.05) is 5.92 Å². The molecule has 2 saturated carbocycles. The lowest BCUT2D eigenvalue weighted by Crippen LogP contribution is -2.34. The molecule has 2 aliphatic carbocycles. The highest BCUT2D eigenvalue weighted by Gasteiger charge is 2.40. The Morgan fingerprint density at radius 1 is 1.18 bits per heavy atom. The van der Waals surface area contributed by atoms with Gasteiger partial charge in [0.25, 0.3) is 0 Å². The molecule has 2 unspecified atom stereocenters. The molecule has 17 heavy (non-hydrogen) atoms. The molecule has 3 nitrogen and oxygen atoms in total. The quantitative estimate of drug-likeness (QED) is 0.549. The van der Waals surface area contributed by atoms with Crippen LogP contribution in [0.5, 0.6) is 0 Å². The van der Waals surface area contributed by atoms with E-state index in [2.05, 4.69) is 0 Å². The highest BCUT2D eigenvalue weighted by molar-refractivity contribution is 6.00. The van der Waals surface area contributed by atoms with Crippen LogP contribution in [0, 0.1) is 17.8 Å². The van der Waals surface area contributed by atoms with Crippen molar-refractivity contribution < 1.29 is 14.3 Å². The third kappa shape index (κ3) is 2.70. The molecule has 0 saturated heterocycles. The third-order valence-electron chi connectivity index (χ3n) is 4.26. The minimum atomic E-state index is -0.469. The first-order chi connectivity index (χ1) is 8.24. The Hall–Kier alpha value is -0.860. The van der Waals surface area contributed by atoms with Crippen molar-refractivity contribution in [2.75, 3.05) is 6.61 Å². The maximum atomic E-state index is 12.4. The Labute approximate surface area is 103 Å². The lowest BCUT2D eigenvalue weighted by Gasteiger charge is -2.29. The summed E-state index contributed by atoms with van der Waals surface area (Å²) in [5.74, 6) is 0.0914. The van der Waals surface area contributed by atoms with Crippen LogP contribution in [0.15, 0.2) is 0 Å². The van der Waals surface area contributed by atoms with E-state index in [0.29, 0.717) is 18.9 Å². The lowest BCUT2D eigenvalue weighted by molar-refractivity contribution is -0.153. The van der Waals surface area contributed by atoms with E-state index in [-0.39, 0.29) is 17.7 Å². The average molecular weight is 238 g/mol. The van der Waals surface area contributed by atoms with Crippen LogP contribution in [0.3, 0.4) is 0 Å². The number of hydrogen-bond acceptors (Lipinski definition) is 3. The van der Waals surface area contributed by atoms with Crippen LogP contribution >= 0.6 is 0 Å². The van der Waals surface area contributed by atoms with Gasteiger partial charge >= 0.3 is 5.97 Å². The van der Waals surface area contributed by atoms with E-state index in [0.717, 1.165) is 25.7 Å². The summed E-state index contributed by atoms with van der Waals surface area (Å²) in [6, 6.07) is 0. The fourth-order valence-corrected chi connectivity index (χ4v) is 3.39. The average Bonchev–Trinajstić information content (AvgIpc) is 2.50. The van der Waals surface area contributed by atoms with Crippen LogP contribution in [0.4, 0.5) is 0 Å². The first kappa shape index (κ1) is 12.6. The molecule has 3 atom stereocenters. The molecule has 0 bridgehead atoms. The fourth-order valence-electron chi connectivity index (χ4n) is 3.39. The van der Waals surface area contributed by atoms with E-state index in [9.17, 15) is 9.59 Å². The number of carbonyl (C=O) groups is 2. The summed E-state index contributed by atoms with van der Waals surface area (Å²) in [5.41, 5.74) is 0. The van der Waals surface area contributed by atoms with Crippen LogP contribution in [-0.4, -0.2) is 18.4 Å². The largest absolute Gasteiger partial charge is 0.465 e. The Morgan fingerprint density at radius 2 is 1.88 bits per heavy atom. The van der Waals surface area contributed by atoms with E-state index in [1.807, 2.05) is 0 Å². The summed E-state index contributed by atoms with van der Waals surface area (Å²) >= 11 is 0. The molecule has 2 aliphatic rings. The van der Waals surface area contributed by atoms with Gasteiger partial charge in [-0.3, -0.25) is 9.59 Å². The zero-order valence-electron chi connectivity index (χ0n) is 10.6. The van der Waals surface area contributed by atoms with Gasteiger partial charge < -0.3 is 4.74 Å². The zero-order valence-corrected chi connectivity index (χ0v) is 10.6. The Kier molecular flexibility index (Phi) is 4.19. The van der Waals surface area contributed by atoms with Crippen molar-refractivity contribution in [3.05, 3.63) is 0 Å². The number of Topliss-reactive ketones (excluding diaryl/α,β-unsaturated/α-hetero) is 1. The van der Waals surface area contributed by atoms with Gasteiger partial charge in [-0.15, -0.1) is 0 Å². The van der Waals surface area contributed by atoms with Gasteiger partial charge in [-0.2, -0.15) is 0 Å². The molecule has 0 amide bonds. The number of ketones is 1. The molecule has 96 valence electrons. The van der Waals surface area contributed by atoms with Crippen LogP contribution < -0.4 is 0 Å². The van der Waals surface area contributed by atoms with Gasteiger partial charge in [0.1, 0.15) is 11.7 Å². The van der Waals surface area contributed by atoms with Crippen molar-refractivity contribution in [2.45, 2.75) is 51.9 Å². The van der Waals surface area contributed by atoms with Crippen molar-refractivity contribution in [3.63, 3.8) is 0 Å². The predicted octanol–water partition coefficient (Wildman–Crippen LogP) is 2.73. The van der Waals surface area contributed by atoms with Gasteiger partial charge in [-0.25, -0.2) is 0 Å². The SMILES string of the molecule is CCOC(=O)[C@H]1CCCC2CCCCC2C1=O. The monoisotopic (exact) mass is 238 g/mol. The maximum Gasteiger partial charge on any atom is 0.316 e. The molecule has 0 spiro atoms. The second-order valence-corrected chi connectivity index (χ2v) is 5.29. The Bertz CT molecular complexity index is 298. The van der Waals surface area contributed by atoms with E-state index < -0.39 is 5.92 Å². The zero-order chi connectivity index (χ0) is 12.3. The van der Waals surface area contributed by atoms with E-state index in [1.54, 1.807) is 6.92 Å².